The molecule has 0 amide bonds. The third-order valence-corrected chi connectivity index (χ3v) is 8.22. The van der Waals surface area contributed by atoms with Gasteiger partial charge in [0.25, 0.3) is 0 Å². The Balaban J connectivity index is 1.30. The Labute approximate surface area is 207 Å². The van der Waals surface area contributed by atoms with Crippen LogP contribution in [-0.2, 0) is 9.53 Å². The van der Waals surface area contributed by atoms with Crippen LogP contribution >= 0.6 is 11.3 Å². The summed E-state index contributed by atoms with van der Waals surface area (Å²) in [5, 5.41) is 3.81. The number of thiophene rings is 1. The van der Waals surface area contributed by atoms with Crippen LogP contribution < -0.4 is 0 Å². The number of hydrogen-bond donors (Lipinski definition) is 0. The second kappa shape index (κ2) is 9.99. The quantitative estimate of drug-likeness (QED) is 0.225. The number of carbonyl (C=O) groups excluding carboxylic acids is 2. The largest absolute Gasteiger partial charge is 0.453 e. The number of quaternary nitrogens is 1. The molecule has 3 fully saturated rings. The number of hydrogen-bond acceptors (Lipinski definition) is 4. The van der Waals surface area contributed by atoms with Gasteiger partial charge in [-0.3, -0.25) is 9.59 Å². The topological polar surface area (TPSA) is 43.4 Å². The summed E-state index contributed by atoms with van der Waals surface area (Å²) in [6.07, 6.45) is 1.33. The number of carbonyl (C=O) groups is 2. The highest BCUT2D eigenvalue weighted by atomic mass is 32.1. The first kappa shape index (κ1) is 23.8. The van der Waals surface area contributed by atoms with Gasteiger partial charge in [-0.05, 0) is 52.8 Å². The lowest BCUT2D eigenvalue weighted by molar-refractivity contribution is -0.939. The molecule has 0 aliphatic carbocycles. The van der Waals surface area contributed by atoms with E-state index in [1.54, 1.807) is 24.3 Å². The maximum atomic E-state index is 13.9. The van der Waals surface area contributed by atoms with Crippen molar-refractivity contribution >= 4 is 23.1 Å². The highest BCUT2D eigenvalue weighted by Gasteiger charge is 2.47. The zero-order valence-corrected chi connectivity index (χ0v) is 20.2. The van der Waals surface area contributed by atoms with E-state index >= 15 is 0 Å². The molecule has 0 N–H and O–H groups in total. The highest BCUT2D eigenvalue weighted by molar-refractivity contribution is 7.08. The molecule has 2 bridgehead atoms. The number of esters is 1. The van der Waals surface area contributed by atoms with Gasteiger partial charge in [0.2, 0.25) is 5.78 Å². The highest BCUT2D eigenvalue weighted by Crippen LogP contribution is 2.40. The molecule has 1 aromatic heterocycles. The summed E-state index contributed by atoms with van der Waals surface area (Å²) in [6.45, 7) is 3.16. The summed E-state index contributed by atoms with van der Waals surface area (Å²) in [7, 11) is 0. The van der Waals surface area contributed by atoms with Crippen molar-refractivity contribution in [2.45, 2.75) is 25.4 Å². The van der Waals surface area contributed by atoms with Gasteiger partial charge in [0.1, 0.15) is 18.2 Å². The fourth-order valence-corrected chi connectivity index (χ4v) is 6.43. The zero-order valence-electron chi connectivity index (χ0n) is 19.4. The second-order valence-corrected chi connectivity index (χ2v) is 10.6. The molecular weight excluding hydrogens is 468 g/mol. The third-order valence-electron chi connectivity index (χ3n) is 7.54. The molecule has 3 aliphatic heterocycles. The van der Waals surface area contributed by atoms with Gasteiger partial charge in [0.05, 0.1) is 26.1 Å². The van der Waals surface area contributed by atoms with E-state index in [0.29, 0.717) is 23.6 Å². The number of Topliss-reactive ketones (excluding diaryl/α,β-unsaturated/α-hetero) is 1. The third kappa shape index (κ3) is 5.36. The van der Waals surface area contributed by atoms with Gasteiger partial charge in [-0.1, -0.05) is 24.3 Å². The Kier molecular flexibility index (Phi) is 6.80. The van der Waals surface area contributed by atoms with Gasteiger partial charge in [-0.15, -0.1) is 0 Å². The molecule has 6 rings (SSSR count). The Bertz CT molecular complexity index is 1160. The van der Waals surface area contributed by atoms with Crippen molar-refractivity contribution in [3.8, 4) is 0 Å². The van der Waals surface area contributed by atoms with Crippen molar-refractivity contribution in [1.82, 2.24) is 0 Å². The van der Waals surface area contributed by atoms with Gasteiger partial charge >= 0.3 is 5.97 Å². The number of fused-ring (bicyclic) bond motifs is 3. The van der Waals surface area contributed by atoms with Crippen molar-refractivity contribution in [3.05, 3.63) is 93.7 Å². The molecule has 1 atom stereocenters. The number of ether oxygens (including phenoxy) is 1. The number of benzene rings is 2. The van der Waals surface area contributed by atoms with Crippen molar-refractivity contribution in [2.75, 3.05) is 26.2 Å². The van der Waals surface area contributed by atoms with Gasteiger partial charge in [0, 0.05) is 29.7 Å². The SMILES string of the molecule is O=C(C[C@H]1C[N+]2(CC(=O)c3ccsc3)CCC1CC2)OC(c1cccc(F)c1)c1cccc(F)c1. The van der Waals surface area contributed by atoms with E-state index in [2.05, 4.69) is 0 Å². The fraction of sp³-hybridized carbons (Fsp3) is 0.357. The summed E-state index contributed by atoms with van der Waals surface area (Å²) in [4.78, 5) is 26.0. The van der Waals surface area contributed by atoms with Crippen LogP contribution in [0, 0.1) is 23.5 Å². The first-order valence-electron chi connectivity index (χ1n) is 12.0. The molecule has 35 heavy (non-hydrogen) atoms. The predicted octanol–water partition coefficient (Wildman–Crippen LogP) is 5.79. The van der Waals surface area contributed by atoms with Gasteiger partial charge in [-0.2, -0.15) is 11.3 Å². The minimum atomic E-state index is -0.890. The number of piperidine rings is 3. The van der Waals surface area contributed by atoms with E-state index in [0.717, 1.165) is 42.5 Å². The number of halogens is 2. The molecule has 0 saturated carbocycles. The monoisotopic (exact) mass is 496 g/mol. The van der Waals surface area contributed by atoms with Crippen LogP contribution in [0.1, 0.15) is 46.9 Å². The fourth-order valence-electron chi connectivity index (χ4n) is 5.77. The molecule has 0 spiro atoms. The van der Waals surface area contributed by atoms with E-state index in [4.69, 9.17) is 4.74 Å². The molecule has 4 nitrogen and oxygen atoms in total. The smallest absolute Gasteiger partial charge is 0.307 e. The lowest BCUT2D eigenvalue weighted by Gasteiger charge is -2.52. The Morgan fingerprint density at radius 1 is 1.00 bits per heavy atom. The molecule has 3 aliphatic rings. The van der Waals surface area contributed by atoms with Crippen LogP contribution in [-0.4, -0.2) is 42.4 Å². The van der Waals surface area contributed by atoms with E-state index in [1.165, 1.54) is 35.6 Å². The van der Waals surface area contributed by atoms with Crippen molar-refractivity contribution in [3.63, 3.8) is 0 Å². The summed E-state index contributed by atoms with van der Waals surface area (Å²) >= 11 is 1.52. The molecule has 0 unspecified atom stereocenters. The Morgan fingerprint density at radius 2 is 1.66 bits per heavy atom. The maximum Gasteiger partial charge on any atom is 0.307 e. The van der Waals surface area contributed by atoms with E-state index < -0.39 is 17.7 Å². The van der Waals surface area contributed by atoms with Crippen LogP contribution in [0.25, 0.3) is 0 Å². The second-order valence-electron chi connectivity index (χ2n) is 9.85. The number of rotatable bonds is 8. The lowest BCUT2D eigenvalue weighted by atomic mass is 9.75. The van der Waals surface area contributed by atoms with Gasteiger partial charge in [0.15, 0.2) is 6.10 Å². The lowest BCUT2D eigenvalue weighted by Crippen LogP contribution is -2.63. The van der Waals surface area contributed by atoms with Gasteiger partial charge < -0.3 is 9.22 Å². The average Bonchev–Trinajstić information content (AvgIpc) is 3.38. The van der Waals surface area contributed by atoms with Crippen LogP contribution in [0.15, 0.2) is 65.4 Å². The van der Waals surface area contributed by atoms with E-state index in [-0.39, 0.29) is 24.1 Å². The molecule has 0 radical (unpaired) electrons. The van der Waals surface area contributed by atoms with E-state index in [1.807, 2.05) is 16.8 Å². The molecule has 7 heteroatoms. The van der Waals surface area contributed by atoms with Gasteiger partial charge in [-0.25, -0.2) is 8.78 Å². The molecule has 2 aromatic carbocycles. The summed E-state index contributed by atoms with van der Waals surface area (Å²) < 4.78 is 34.5. The van der Waals surface area contributed by atoms with Crippen molar-refractivity contribution < 1.29 is 27.6 Å². The standard InChI is InChI=1S/C28H28F2NO3S/c29-24-5-1-3-20(13-24)28(21-4-2-6-25(30)14-21)34-27(33)15-23-16-31(10-7-19(23)8-11-31)17-26(32)22-9-12-35-18-22/h1-6,9,12-14,18-19,23,28H,7-8,10-11,15-17H2/q+1/t19?,23-,31?/m0/s1. The summed E-state index contributed by atoms with van der Waals surface area (Å²) in [6, 6.07) is 13.6. The van der Waals surface area contributed by atoms with Crippen LogP contribution in [0.2, 0.25) is 0 Å². The van der Waals surface area contributed by atoms with Crippen molar-refractivity contribution in [2.24, 2.45) is 11.8 Å². The predicted molar refractivity (Wildman–Crippen MR) is 130 cm³/mol. The molecular formula is C28H28F2NO3S+. The normalized spacial score (nSPS) is 23.4. The minimum Gasteiger partial charge on any atom is -0.453 e. The summed E-state index contributed by atoms with van der Waals surface area (Å²) in [5.41, 5.74) is 1.68. The van der Waals surface area contributed by atoms with E-state index in [9.17, 15) is 18.4 Å². The number of ketones is 1. The van der Waals surface area contributed by atoms with Crippen LogP contribution in [0.4, 0.5) is 8.78 Å². The van der Waals surface area contributed by atoms with Crippen molar-refractivity contribution in [1.29, 1.82) is 0 Å². The molecule has 3 saturated heterocycles. The number of nitrogens with zero attached hydrogens (tertiary/aromatic N) is 1. The van der Waals surface area contributed by atoms with Crippen LogP contribution in [0.5, 0.6) is 0 Å². The molecule has 4 heterocycles. The average molecular weight is 497 g/mol. The van der Waals surface area contributed by atoms with Crippen LogP contribution in [0.3, 0.4) is 0 Å². The molecule has 182 valence electrons. The first-order chi connectivity index (χ1) is 16.9. The Hall–Kier alpha value is -2.90. The molecule has 3 aromatic rings. The Morgan fingerprint density at radius 3 is 2.23 bits per heavy atom. The minimum absolute atomic E-state index is 0.126. The summed E-state index contributed by atoms with van der Waals surface area (Å²) in [5.74, 6) is -0.561. The first-order valence-corrected chi connectivity index (χ1v) is 13.0. The zero-order chi connectivity index (χ0) is 24.4. The maximum absolute atomic E-state index is 13.9.